The first-order valence-corrected chi connectivity index (χ1v) is 4.83. The van der Waals surface area contributed by atoms with Gasteiger partial charge in [0.1, 0.15) is 5.82 Å². The number of thiol groups is 1. The molecule has 0 aliphatic rings. The molecule has 0 saturated heterocycles. The van der Waals surface area contributed by atoms with Gasteiger partial charge in [0.2, 0.25) is 0 Å². The van der Waals surface area contributed by atoms with Gasteiger partial charge in [-0.05, 0) is 19.4 Å². The van der Waals surface area contributed by atoms with Gasteiger partial charge < -0.3 is 0 Å². The van der Waals surface area contributed by atoms with Gasteiger partial charge in [0, 0.05) is 11.4 Å². The van der Waals surface area contributed by atoms with Crippen LogP contribution in [0.1, 0.15) is 30.6 Å². The lowest BCUT2D eigenvalue weighted by Gasteiger charge is -2.02. The Hall–Kier alpha value is -0.570. The monoisotopic (exact) mass is 182 g/mol. The van der Waals surface area contributed by atoms with Crippen molar-refractivity contribution < 1.29 is 0 Å². The number of aromatic nitrogens is 2. The molecule has 0 N–H and O–H groups in total. The molecule has 1 rings (SSSR count). The quantitative estimate of drug-likeness (QED) is 0.725. The summed E-state index contributed by atoms with van der Waals surface area (Å²) in [5.74, 6) is 1.46. The van der Waals surface area contributed by atoms with Crippen LogP contribution in [0.4, 0.5) is 0 Å². The average molecular weight is 182 g/mol. The molecule has 0 aromatic carbocycles. The minimum absolute atomic E-state index is 0.623. The van der Waals surface area contributed by atoms with Gasteiger partial charge in [0.15, 0.2) is 0 Å². The van der Waals surface area contributed by atoms with Crippen molar-refractivity contribution in [2.45, 2.75) is 32.4 Å². The van der Waals surface area contributed by atoms with Gasteiger partial charge in [-0.3, -0.25) is 0 Å². The normalized spacial score (nSPS) is 10.2. The summed E-state index contributed by atoms with van der Waals surface area (Å²) in [5, 5.41) is 0. The van der Waals surface area contributed by atoms with E-state index in [1.165, 1.54) is 0 Å². The largest absolute Gasteiger partial charge is 0.237 e. The summed E-state index contributed by atoms with van der Waals surface area (Å²) < 4.78 is 0. The Balaban J connectivity index is 2.90. The summed E-state index contributed by atoms with van der Waals surface area (Å²) in [7, 11) is 0. The molecule has 3 heteroatoms. The van der Waals surface area contributed by atoms with Gasteiger partial charge in [-0.1, -0.05) is 13.3 Å². The maximum Gasteiger partial charge on any atom is 0.138 e. The fraction of sp³-hybridized carbons (Fsp3) is 0.556. The third-order valence-electron chi connectivity index (χ3n) is 1.60. The average Bonchev–Trinajstić information content (AvgIpc) is 2.04. The Labute approximate surface area is 78.9 Å². The fourth-order valence-electron chi connectivity index (χ4n) is 1.15. The predicted molar refractivity (Wildman–Crippen MR) is 53.5 cm³/mol. The second-order valence-electron chi connectivity index (χ2n) is 2.83. The molecular weight excluding hydrogens is 168 g/mol. The molecule has 1 heterocycles. The lowest BCUT2D eigenvalue weighted by molar-refractivity contribution is 0.845. The zero-order valence-corrected chi connectivity index (χ0v) is 8.43. The molecule has 12 heavy (non-hydrogen) atoms. The number of nitrogens with zero attached hydrogens (tertiary/aromatic N) is 2. The van der Waals surface area contributed by atoms with E-state index in [1.54, 1.807) is 0 Å². The predicted octanol–water partition coefficient (Wildman–Crippen LogP) is 2.17. The van der Waals surface area contributed by atoms with Crippen molar-refractivity contribution in [2.24, 2.45) is 0 Å². The van der Waals surface area contributed by atoms with Crippen LogP contribution in [0.25, 0.3) is 0 Å². The van der Waals surface area contributed by atoms with Gasteiger partial charge in [0.25, 0.3) is 0 Å². The molecule has 0 radical (unpaired) electrons. The Morgan fingerprint density at radius 1 is 1.42 bits per heavy atom. The second-order valence-corrected chi connectivity index (χ2v) is 3.14. The zero-order chi connectivity index (χ0) is 8.97. The zero-order valence-electron chi connectivity index (χ0n) is 7.54. The molecule has 0 aliphatic heterocycles. The Morgan fingerprint density at radius 2 is 2.17 bits per heavy atom. The van der Waals surface area contributed by atoms with Crippen LogP contribution < -0.4 is 0 Å². The summed E-state index contributed by atoms with van der Waals surface area (Å²) in [6, 6.07) is 2.04. The van der Waals surface area contributed by atoms with Gasteiger partial charge in [0.05, 0.1) is 5.75 Å². The first kappa shape index (κ1) is 9.52. The molecule has 2 nitrogen and oxygen atoms in total. The lowest BCUT2D eigenvalue weighted by atomic mass is 10.2. The van der Waals surface area contributed by atoms with Crippen LogP contribution in [0, 0.1) is 6.92 Å². The van der Waals surface area contributed by atoms with E-state index in [4.69, 9.17) is 0 Å². The van der Waals surface area contributed by atoms with Crippen molar-refractivity contribution >= 4 is 12.6 Å². The third-order valence-corrected chi connectivity index (χ3v) is 1.88. The van der Waals surface area contributed by atoms with Gasteiger partial charge in [-0.25, -0.2) is 9.97 Å². The summed E-state index contributed by atoms with van der Waals surface area (Å²) in [5.41, 5.74) is 2.17. The highest BCUT2D eigenvalue weighted by Crippen LogP contribution is 2.04. The van der Waals surface area contributed by atoms with Crippen molar-refractivity contribution in [3.8, 4) is 0 Å². The van der Waals surface area contributed by atoms with E-state index in [2.05, 4.69) is 29.5 Å². The van der Waals surface area contributed by atoms with Crippen LogP contribution in [0.15, 0.2) is 6.07 Å². The number of hydrogen-bond acceptors (Lipinski definition) is 3. The fourth-order valence-corrected chi connectivity index (χ4v) is 1.30. The molecule has 1 aromatic heterocycles. The first-order valence-electron chi connectivity index (χ1n) is 4.20. The van der Waals surface area contributed by atoms with Crippen LogP contribution in [-0.2, 0) is 12.2 Å². The van der Waals surface area contributed by atoms with Crippen molar-refractivity contribution in [3.05, 3.63) is 23.3 Å². The highest BCUT2D eigenvalue weighted by molar-refractivity contribution is 7.79. The van der Waals surface area contributed by atoms with Crippen LogP contribution in [0.5, 0.6) is 0 Å². The van der Waals surface area contributed by atoms with E-state index in [0.717, 1.165) is 30.1 Å². The minimum Gasteiger partial charge on any atom is -0.237 e. The van der Waals surface area contributed by atoms with Crippen LogP contribution in [0.3, 0.4) is 0 Å². The van der Waals surface area contributed by atoms with E-state index < -0.39 is 0 Å². The molecule has 0 amide bonds. The van der Waals surface area contributed by atoms with Crippen molar-refractivity contribution in [2.75, 3.05) is 0 Å². The molecule has 0 atom stereocenters. The van der Waals surface area contributed by atoms with Gasteiger partial charge in [-0.2, -0.15) is 12.6 Å². The molecular formula is C9H14N2S. The van der Waals surface area contributed by atoms with E-state index in [1.807, 2.05) is 13.0 Å². The number of rotatable bonds is 3. The molecule has 66 valence electrons. The number of aryl methyl sites for hydroxylation is 2. The molecule has 0 spiro atoms. The van der Waals surface area contributed by atoms with E-state index in [9.17, 15) is 0 Å². The maximum absolute atomic E-state index is 4.35. The topological polar surface area (TPSA) is 25.8 Å². The molecule has 0 aliphatic carbocycles. The van der Waals surface area contributed by atoms with Gasteiger partial charge in [-0.15, -0.1) is 0 Å². The van der Waals surface area contributed by atoms with E-state index in [-0.39, 0.29) is 0 Å². The summed E-state index contributed by atoms with van der Waals surface area (Å²) in [6.45, 7) is 4.14. The molecule has 0 unspecified atom stereocenters. The SMILES string of the molecule is CCCc1cc(C)nc(CS)n1. The second kappa shape index (κ2) is 4.45. The molecule has 0 bridgehead atoms. The summed E-state index contributed by atoms with van der Waals surface area (Å²) in [6.07, 6.45) is 2.16. The van der Waals surface area contributed by atoms with Crippen LogP contribution in [0.2, 0.25) is 0 Å². The summed E-state index contributed by atoms with van der Waals surface area (Å²) >= 11 is 4.15. The van der Waals surface area contributed by atoms with Crippen molar-refractivity contribution in [3.63, 3.8) is 0 Å². The third kappa shape index (κ3) is 2.48. The van der Waals surface area contributed by atoms with Crippen molar-refractivity contribution in [1.82, 2.24) is 9.97 Å². The number of hydrogen-bond donors (Lipinski definition) is 1. The highest BCUT2D eigenvalue weighted by Gasteiger charge is 1.99. The van der Waals surface area contributed by atoms with Gasteiger partial charge >= 0.3 is 0 Å². The molecule has 1 aromatic rings. The first-order chi connectivity index (χ1) is 5.76. The smallest absolute Gasteiger partial charge is 0.138 e. The van der Waals surface area contributed by atoms with Crippen molar-refractivity contribution in [1.29, 1.82) is 0 Å². The Kier molecular flexibility index (Phi) is 3.53. The molecule has 0 saturated carbocycles. The van der Waals surface area contributed by atoms with Crippen LogP contribution in [-0.4, -0.2) is 9.97 Å². The van der Waals surface area contributed by atoms with E-state index >= 15 is 0 Å². The minimum atomic E-state index is 0.623. The van der Waals surface area contributed by atoms with Crippen LogP contribution >= 0.6 is 12.6 Å². The lowest BCUT2D eigenvalue weighted by Crippen LogP contribution is -1.99. The van der Waals surface area contributed by atoms with E-state index in [0.29, 0.717) is 5.75 Å². The summed E-state index contributed by atoms with van der Waals surface area (Å²) in [4.78, 5) is 8.60. The Bertz CT molecular complexity index is 261. The maximum atomic E-state index is 4.35. The molecule has 0 fully saturated rings. The highest BCUT2D eigenvalue weighted by atomic mass is 32.1. The standard InChI is InChI=1S/C9H14N2S/c1-3-4-8-5-7(2)10-9(6-12)11-8/h5,12H,3-4,6H2,1-2H3. The Morgan fingerprint density at radius 3 is 2.75 bits per heavy atom.